The molecule has 2 aromatic heterocycles. The maximum atomic E-state index is 12.3. The molecule has 0 aliphatic rings. The maximum Gasteiger partial charge on any atom is 0.233 e. The molecule has 0 radical (unpaired) electrons. The van der Waals surface area contributed by atoms with Crippen molar-refractivity contribution < 1.29 is 9.21 Å². The molecule has 1 N–H and O–H groups in total. The molecule has 0 saturated carbocycles. The van der Waals surface area contributed by atoms with Crippen molar-refractivity contribution in [1.82, 2.24) is 14.9 Å². The maximum absolute atomic E-state index is 12.3. The van der Waals surface area contributed by atoms with Crippen molar-refractivity contribution in [1.29, 1.82) is 0 Å². The molecule has 0 aliphatic carbocycles. The fourth-order valence-electron chi connectivity index (χ4n) is 2.61. The molecule has 1 atom stereocenters. The summed E-state index contributed by atoms with van der Waals surface area (Å²) in [4.78, 5) is 16.7. The van der Waals surface area contributed by atoms with Gasteiger partial charge in [-0.15, -0.1) is 0 Å². The van der Waals surface area contributed by atoms with E-state index in [2.05, 4.69) is 42.3 Å². The number of aryl methyl sites for hydroxylation is 2. The van der Waals surface area contributed by atoms with Crippen molar-refractivity contribution in [2.24, 2.45) is 0 Å². The molecule has 1 unspecified atom stereocenters. The molecule has 1 aromatic carbocycles. The number of benzene rings is 1. The Kier molecular flexibility index (Phi) is 5.28. The molecule has 0 bridgehead atoms. The number of carbonyl (C=O) groups is 1. The van der Waals surface area contributed by atoms with E-state index < -0.39 is 0 Å². The smallest absolute Gasteiger partial charge is 0.233 e. The van der Waals surface area contributed by atoms with Gasteiger partial charge in [0.2, 0.25) is 5.91 Å². The predicted molar refractivity (Wildman–Crippen MR) is 98.9 cm³/mol. The molecule has 2 heterocycles. The van der Waals surface area contributed by atoms with Crippen LogP contribution in [0, 0.1) is 13.8 Å². The van der Waals surface area contributed by atoms with Crippen LogP contribution in [0.4, 0.5) is 0 Å². The Morgan fingerprint density at radius 2 is 2.08 bits per heavy atom. The first-order valence-corrected chi connectivity index (χ1v) is 8.99. The summed E-state index contributed by atoms with van der Waals surface area (Å²) in [5.41, 5.74) is 3.45. The molecule has 25 heavy (non-hydrogen) atoms. The average Bonchev–Trinajstić information content (AvgIpc) is 3.23. The molecule has 0 spiro atoms. The topological polar surface area (TPSA) is 60.1 Å². The van der Waals surface area contributed by atoms with Gasteiger partial charge in [-0.05, 0) is 56.2 Å². The van der Waals surface area contributed by atoms with E-state index in [0.29, 0.717) is 6.54 Å². The minimum absolute atomic E-state index is 0.0450. The van der Waals surface area contributed by atoms with E-state index in [4.69, 9.17) is 4.42 Å². The lowest BCUT2D eigenvalue weighted by Crippen LogP contribution is -2.30. The third-order valence-corrected chi connectivity index (χ3v) is 4.84. The molecular formula is C19H21N3O2S. The molecule has 3 rings (SSSR count). The molecule has 130 valence electrons. The van der Waals surface area contributed by atoms with Gasteiger partial charge in [0.25, 0.3) is 0 Å². The Hall–Kier alpha value is -2.47. The van der Waals surface area contributed by atoms with E-state index in [9.17, 15) is 4.79 Å². The number of rotatable bonds is 6. The van der Waals surface area contributed by atoms with Gasteiger partial charge in [-0.2, -0.15) is 0 Å². The second-order valence-electron chi connectivity index (χ2n) is 5.98. The number of hydrogen-bond donors (Lipinski definition) is 1. The molecular weight excluding hydrogens is 334 g/mol. The van der Waals surface area contributed by atoms with Gasteiger partial charge in [-0.25, -0.2) is 4.98 Å². The van der Waals surface area contributed by atoms with Gasteiger partial charge in [-0.1, -0.05) is 17.8 Å². The van der Waals surface area contributed by atoms with Crippen LogP contribution in [0.5, 0.6) is 0 Å². The van der Waals surface area contributed by atoms with Gasteiger partial charge in [-0.3, -0.25) is 9.36 Å². The lowest BCUT2D eigenvalue weighted by atomic mass is 10.1. The van der Waals surface area contributed by atoms with Crippen molar-refractivity contribution in [2.75, 3.05) is 0 Å². The van der Waals surface area contributed by atoms with Crippen molar-refractivity contribution in [2.45, 2.75) is 37.7 Å². The molecule has 0 aliphatic heterocycles. The van der Waals surface area contributed by atoms with E-state index in [1.807, 2.05) is 23.8 Å². The van der Waals surface area contributed by atoms with Crippen LogP contribution in [0.3, 0.4) is 0 Å². The quantitative estimate of drug-likeness (QED) is 0.682. The first-order chi connectivity index (χ1) is 12.0. The van der Waals surface area contributed by atoms with Crippen LogP contribution in [-0.2, 0) is 11.3 Å². The first kappa shape index (κ1) is 17.4. The highest BCUT2D eigenvalue weighted by Crippen LogP contribution is 2.25. The van der Waals surface area contributed by atoms with E-state index >= 15 is 0 Å². The van der Waals surface area contributed by atoms with Gasteiger partial charge < -0.3 is 9.73 Å². The molecule has 5 nitrogen and oxygen atoms in total. The van der Waals surface area contributed by atoms with Crippen molar-refractivity contribution in [3.05, 3.63) is 65.9 Å². The summed E-state index contributed by atoms with van der Waals surface area (Å²) < 4.78 is 7.25. The van der Waals surface area contributed by atoms with Gasteiger partial charge in [0.15, 0.2) is 5.16 Å². The fourth-order valence-corrected chi connectivity index (χ4v) is 3.51. The number of imidazole rings is 1. The van der Waals surface area contributed by atoms with Crippen LogP contribution >= 0.6 is 11.8 Å². The summed E-state index contributed by atoms with van der Waals surface area (Å²) in [6.07, 6.45) is 5.28. The molecule has 3 aromatic rings. The van der Waals surface area contributed by atoms with Gasteiger partial charge in [0, 0.05) is 18.1 Å². The second-order valence-corrected chi connectivity index (χ2v) is 7.29. The van der Waals surface area contributed by atoms with Crippen molar-refractivity contribution >= 4 is 17.7 Å². The number of carbonyl (C=O) groups excluding carboxylic acids is 1. The standard InChI is InChI=1S/C19H21N3O2S/c1-13-9-14(2)11-16(10-13)22-7-6-20-19(22)25-15(3)18(23)21-12-17-5-4-8-24-17/h4-11,15H,12H2,1-3H3,(H,21,23). The number of nitrogens with one attached hydrogen (secondary N) is 1. The summed E-state index contributed by atoms with van der Waals surface area (Å²) in [5.74, 6) is 0.693. The zero-order valence-corrected chi connectivity index (χ0v) is 15.3. The number of hydrogen-bond acceptors (Lipinski definition) is 4. The SMILES string of the molecule is Cc1cc(C)cc(-n2ccnc2SC(C)C(=O)NCc2ccco2)c1. The lowest BCUT2D eigenvalue weighted by Gasteiger charge is -2.13. The molecule has 1 amide bonds. The summed E-state index contributed by atoms with van der Waals surface area (Å²) in [5, 5.41) is 3.42. The van der Waals surface area contributed by atoms with E-state index in [0.717, 1.165) is 16.6 Å². The van der Waals surface area contributed by atoms with Crippen LogP contribution in [0.15, 0.2) is 58.6 Å². The van der Waals surface area contributed by atoms with Crippen molar-refractivity contribution in [3.63, 3.8) is 0 Å². The Morgan fingerprint density at radius 1 is 1.32 bits per heavy atom. The largest absolute Gasteiger partial charge is 0.467 e. The molecule has 6 heteroatoms. The lowest BCUT2D eigenvalue weighted by molar-refractivity contribution is -0.120. The minimum atomic E-state index is -0.262. The van der Waals surface area contributed by atoms with E-state index in [-0.39, 0.29) is 11.2 Å². The van der Waals surface area contributed by atoms with Crippen LogP contribution in [0.25, 0.3) is 5.69 Å². The highest BCUT2D eigenvalue weighted by atomic mass is 32.2. The number of nitrogens with zero attached hydrogens (tertiary/aromatic N) is 2. The van der Waals surface area contributed by atoms with Gasteiger partial charge in [0.05, 0.1) is 18.1 Å². The summed E-state index contributed by atoms with van der Waals surface area (Å²) in [7, 11) is 0. The zero-order valence-electron chi connectivity index (χ0n) is 14.5. The Balaban J connectivity index is 1.68. The first-order valence-electron chi connectivity index (χ1n) is 8.11. The average molecular weight is 355 g/mol. The second kappa shape index (κ2) is 7.61. The monoisotopic (exact) mass is 355 g/mol. The third kappa shape index (κ3) is 4.33. The Bertz CT molecular complexity index is 835. The number of thioether (sulfide) groups is 1. The van der Waals surface area contributed by atoms with Crippen LogP contribution in [0.1, 0.15) is 23.8 Å². The highest BCUT2D eigenvalue weighted by Gasteiger charge is 2.18. The number of aromatic nitrogens is 2. The minimum Gasteiger partial charge on any atom is -0.467 e. The predicted octanol–water partition coefficient (Wildman–Crippen LogP) is 3.88. The number of furan rings is 1. The van der Waals surface area contributed by atoms with Crippen LogP contribution in [0.2, 0.25) is 0 Å². The van der Waals surface area contributed by atoms with Gasteiger partial charge in [0.1, 0.15) is 5.76 Å². The highest BCUT2D eigenvalue weighted by molar-refractivity contribution is 8.00. The van der Waals surface area contributed by atoms with Crippen LogP contribution in [-0.4, -0.2) is 20.7 Å². The summed E-state index contributed by atoms with van der Waals surface area (Å²) >= 11 is 1.44. The van der Waals surface area contributed by atoms with Crippen molar-refractivity contribution in [3.8, 4) is 5.69 Å². The third-order valence-electron chi connectivity index (χ3n) is 3.76. The molecule has 0 fully saturated rings. The van der Waals surface area contributed by atoms with Crippen LogP contribution < -0.4 is 5.32 Å². The Labute approximate surface area is 151 Å². The van der Waals surface area contributed by atoms with Gasteiger partial charge >= 0.3 is 0 Å². The fraction of sp³-hybridized carbons (Fsp3) is 0.263. The number of amides is 1. The van der Waals surface area contributed by atoms with E-state index in [1.165, 1.54) is 22.9 Å². The Morgan fingerprint density at radius 3 is 2.76 bits per heavy atom. The summed E-state index contributed by atoms with van der Waals surface area (Å²) in [6.45, 7) is 6.42. The van der Waals surface area contributed by atoms with E-state index in [1.54, 1.807) is 18.5 Å². The summed E-state index contributed by atoms with van der Waals surface area (Å²) in [6, 6.07) is 10.0. The zero-order chi connectivity index (χ0) is 17.8. The normalized spacial score (nSPS) is 12.1. The molecule has 0 saturated heterocycles.